The Labute approximate surface area is 226 Å². The zero-order valence-electron chi connectivity index (χ0n) is 20.8. The minimum Gasteiger partial charge on any atom is -0.490 e. The lowest BCUT2D eigenvalue weighted by Crippen LogP contribution is -2.18. The number of carbonyl (C=O) groups is 1. The molecule has 38 heavy (non-hydrogen) atoms. The topological polar surface area (TPSA) is 35.5 Å². The molecule has 5 aromatic rings. The number of hydrogen-bond donors (Lipinski definition) is 0. The summed E-state index contributed by atoms with van der Waals surface area (Å²) in [6, 6.07) is 45.5. The molecule has 0 atom stereocenters. The highest BCUT2D eigenvalue weighted by atomic mass is 32.2. The van der Waals surface area contributed by atoms with E-state index in [4.69, 9.17) is 9.47 Å². The molecule has 3 nitrogen and oxygen atoms in total. The molecule has 0 aromatic heterocycles. The Bertz CT molecular complexity index is 1450. The molecule has 1 aliphatic carbocycles. The van der Waals surface area contributed by atoms with E-state index in [1.807, 2.05) is 60.7 Å². The van der Waals surface area contributed by atoms with Gasteiger partial charge in [0.2, 0.25) is 0 Å². The van der Waals surface area contributed by atoms with Crippen molar-refractivity contribution in [2.24, 2.45) is 0 Å². The minimum atomic E-state index is -0.393. The molecule has 0 N–H and O–H groups in total. The molecular formula is C34H27O3S+. The third kappa shape index (κ3) is 4.83. The van der Waals surface area contributed by atoms with Crippen LogP contribution in [-0.4, -0.2) is 19.2 Å². The molecule has 0 saturated heterocycles. The van der Waals surface area contributed by atoms with E-state index in [0.717, 1.165) is 28.0 Å². The van der Waals surface area contributed by atoms with Gasteiger partial charge in [-0.1, -0.05) is 84.9 Å². The van der Waals surface area contributed by atoms with Gasteiger partial charge in [0, 0.05) is 0 Å². The first kappa shape index (κ1) is 24.1. The third-order valence-corrected chi connectivity index (χ3v) is 8.91. The normalized spacial score (nSPS) is 12.1. The number of rotatable bonds is 8. The summed E-state index contributed by atoms with van der Waals surface area (Å²) in [7, 11) is -0.199. The van der Waals surface area contributed by atoms with E-state index in [-0.39, 0.29) is 23.5 Å². The molecule has 0 unspecified atom stereocenters. The maximum Gasteiger partial charge on any atom is 0.318 e. The summed E-state index contributed by atoms with van der Waals surface area (Å²) in [5.74, 6) is 0.123. The van der Waals surface area contributed by atoms with E-state index >= 15 is 0 Å². The highest BCUT2D eigenvalue weighted by Gasteiger charge is 2.34. The number of fused-ring (bicyclic) bond motifs is 3. The van der Waals surface area contributed by atoms with Gasteiger partial charge in [-0.25, -0.2) is 0 Å². The monoisotopic (exact) mass is 515 g/mol. The van der Waals surface area contributed by atoms with Crippen molar-refractivity contribution < 1.29 is 14.3 Å². The molecule has 0 bridgehead atoms. The van der Waals surface area contributed by atoms with Crippen molar-refractivity contribution in [1.29, 1.82) is 0 Å². The molecule has 0 radical (unpaired) electrons. The first-order valence-corrected chi connectivity index (χ1v) is 13.9. The van der Waals surface area contributed by atoms with Gasteiger partial charge in [0.25, 0.3) is 0 Å². The molecule has 0 saturated carbocycles. The van der Waals surface area contributed by atoms with Gasteiger partial charge in [-0.05, 0) is 70.8 Å². The highest BCUT2D eigenvalue weighted by Crippen LogP contribution is 2.45. The van der Waals surface area contributed by atoms with Crippen LogP contribution in [-0.2, 0) is 20.4 Å². The zero-order valence-corrected chi connectivity index (χ0v) is 21.6. The second-order valence-corrected chi connectivity index (χ2v) is 11.1. The number of esters is 1. The summed E-state index contributed by atoms with van der Waals surface area (Å²) in [6.45, 7) is 0.490. The van der Waals surface area contributed by atoms with Crippen LogP contribution in [0.5, 0.6) is 5.75 Å². The van der Waals surface area contributed by atoms with Crippen molar-refractivity contribution in [3.8, 4) is 16.9 Å². The second-order valence-electron chi connectivity index (χ2n) is 9.03. The summed E-state index contributed by atoms with van der Waals surface area (Å²) in [5.41, 5.74) is 4.21. The smallest absolute Gasteiger partial charge is 0.318 e. The summed E-state index contributed by atoms with van der Waals surface area (Å²) >= 11 is 0. The number of benzene rings is 5. The Hall–Kier alpha value is -4.28. The Balaban J connectivity index is 1.10. The summed E-state index contributed by atoms with van der Waals surface area (Å²) in [6.07, 6.45) is 0. The van der Waals surface area contributed by atoms with Gasteiger partial charge in [0.1, 0.15) is 24.9 Å². The van der Waals surface area contributed by atoms with E-state index in [2.05, 4.69) is 72.8 Å². The van der Waals surface area contributed by atoms with Crippen molar-refractivity contribution in [1.82, 2.24) is 0 Å². The number of ether oxygens (including phenoxy) is 2. The van der Waals surface area contributed by atoms with E-state index in [1.165, 1.54) is 14.7 Å². The zero-order chi connectivity index (χ0) is 25.7. The first-order chi connectivity index (χ1) is 18.8. The largest absolute Gasteiger partial charge is 0.490 e. The molecule has 6 rings (SSSR count). The van der Waals surface area contributed by atoms with Crippen LogP contribution in [0, 0.1) is 0 Å². The van der Waals surface area contributed by atoms with Crippen molar-refractivity contribution in [2.45, 2.75) is 20.6 Å². The maximum absolute atomic E-state index is 13.1. The standard InChI is InChI=1S/C34H27O3S/c35-34(33-31-17-9-7-15-29(31)30-16-8-10-18-32(30)33)37-24-23-36-25-19-21-28(22-20-25)38(26-11-3-1-4-12-26)27-13-5-2-6-14-27/h1-22,33H,23-24H2/q+1. The van der Waals surface area contributed by atoms with Crippen molar-refractivity contribution in [3.63, 3.8) is 0 Å². The first-order valence-electron chi connectivity index (χ1n) is 12.7. The maximum atomic E-state index is 13.1. The summed E-state index contributed by atoms with van der Waals surface area (Å²) in [4.78, 5) is 16.9. The molecule has 0 spiro atoms. The lowest BCUT2D eigenvalue weighted by molar-refractivity contribution is -0.145. The molecule has 186 valence electrons. The SMILES string of the molecule is O=C(OCCOc1ccc([S+](c2ccccc2)c2ccccc2)cc1)C1c2ccccc2-c2ccccc21. The van der Waals surface area contributed by atoms with Gasteiger partial charge in [-0.15, -0.1) is 0 Å². The van der Waals surface area contributed by atoms with Crippen LogP contribution in [0.3, 0.4) is 0 Å². The molecular weight excluding hydrogens is 488 g/mol. The van der Waals surface area contributed by atoms with Crippen LogP contribution in [0.1, 0.15) is 17.0 Å². The van der Waals surface area contributed by atoms with Crippen LogP contribution >= 0.6 is 0 Å². The van der Waals surface area contributed by atoms with Crippen LogP contribution in [0.4, 0.5) is 0 Å². The molecule has 4 heteroatoms. The molecule has 0 aliphatic heterocycles. The number of hydrogen-bond acceptors (Lipinski definition) is 3. The highest BCUT2D eigenvalue weighted by molar-refractivity contribution is 7.97. The van der Waals surface area contributed by atoms with E-state index < -0.39 is 5.92 Å². The summed E-state index contributed by atoms with van der Waals surface area (Å²) in [5, 5.41) is 0. The number of carbonyl (C=O) groups excluding carboxylic acids is 1. The lowest BCUT2D eigenvalue weighted by Gasteiger charge is -2.14. The van der Waals surface area contributed by atoms with Gasteiger partial charge in [0.15, 0.2) is 14.7 Å². The van der Waals surface area contributed by atoms with E-state index in [0.29, 0.717) is 6.61 Å². The van der Waals surface area contributed by atoms with Gasteiger partial charge in [0.05, 0.1) is 10.9 Å². The lowest BCUT2D eigenvalue weighted by atomic mass is 9.97. The van der Waals surface area contributed by atoms with Crippen LogP contribution in [0.2, 0.25) is 0 Å². The Kier molecular flexibility index (Phi) is 6.97. The minimum absolute atomic E-state index is 0.194. The average Bonchev–Trinajstić information content (AvgIpc) is 3.32. The van der Waals surface area contributed by atoms with Crippen molar-refractivity contribution in [2.75, 3.05) is 13.2 Å². The molecule has 1 aliphatic rings. The van der Waals surface area contributed by atoms with Gasteiger partial charge < -0.3 is 9.47 Å². The van der Waals surface area contributed by atoms with Crippen molar-refractivity contribution >= 4 is 16.9 Å². The quantitative estimate of drug-likeness (QED) is 0.122. The van der Waals surface area contributed by atoms with Crippen LogP contribution < -0.4 is 4.74 Å². The molecule has 0 heterocycles. The molecule has 5 aromatic carbocycles. The third-order valence-electron chi connectivity index (χ3n) is 6.68. The van der Waals surface area contributed by atoms with E-state index in [1.54, 1.807) is 0 Å². The van der Waals surface area contributed by atoms with E-state index in [9.17, 15) is 4.79 Å². The second kappa shape index (κ2) is 11.0. The van der Waals surface area contributed by atoms with Crippen molar-refractivity contribution in [3.05, 3.63) is 145 Å². The Morgan fingerprint density at radius 1 is 0.553 bits per heavy atom. The molecule has 0 amide bonds. The van der Waals surface area contributed by atoms with Gasteiger partial charge in [-0.2, -0.15) is 0 Å². The Morgan fingerprint density at radius 2 is 1.03 bits per heavy atom. The average molecular weight is 516 g/mol. The molecule has 0 fully saturated rings. The van der Waals surface area contributed by atoms with Crippen LogP contribution in [0.25, 0.3) is 11.1 Å². The van der Waals surface area contributed by atoms with Gasteiger partial charge >= 0.3 is 5.97 Å². The fraction of sp³-hybridized carbons (Fsp3) is 0.0882. The predicted octanol–water partition coefficient (Wildman–Crippen LogP) is 7.52. The van der Waals surface area contributed by atoms with Crippen LogP contribution in [0.15, 0.2) is 148 Å². The summed E-state index contributed by atoms with van der Waals surface area (Å²) < 4.78 is 11.6. The fourth-order valence-corrected chi connectivity index (χ4v) is 7.07. The fourth-order valence-electron chi connectivity index (χ4n) is 4.99. The predicted molar refractivity (Wildman–Crippen MR) is 152 cm³/mol. The van der Waals surface area contributed by atoms with Gasteiger partial charge in [-0.3, -0.25) is 4.79 Å². The Morgan fingerprint density at radius 3 is 1.58 bits per heavy atom.